The van der Waals surface area contributed by atoms with Crippen LogP contribution in [0.4, 0.5) is 18.2 Å². The van der Waals surface area contributed by atoms with Gasteiger partial charge in [0.2, 0.25) is 0 Å². The van der Waals surface area contributed by atoms with Crippen LogP contribution in [-0.2, 0) is 6.18 Å². The lowest BCUT2D eigenvalue weighted by Gasteiger charge is -2.36. The fourth-order valence-electron chi connectivity index (χ4n) is 3.08. The van der Waals surface area contributed by atoms with E-state index >= 15 is 0 Å². The van der Waals surface area contributed by atoms with E-state index in [1.165, 1.54) is 28.4 Å². The highest BCUT2D eigenvalue weighted by Crippen LogP contribution is 2.46. The number of hydrogen-bond acceptors (Lipinski definition) is 4. The minimum absolute atomic E-state index is 0.0347. The standard InChI is InChI=1S/C19H19F3N2O2S/c1-11-15-17(26)24(9-4-10-25)12(2)23(3)18(15)27-16(11)13-5-7-14(8-6-13)19(20,21)22/h5-8,25H,2,4,9-10H2,1,3H3. The summed E-state index contributed by atoms with van der Waals surface area (Å²) in [6.07, 6.45) is -3.95. The van der Waals surface area contributed by atoms with Gasteiger partial charge in [-0.1, -0.05) is 18.7 Å². The fourth-order valence-corrected chi connectivity index (χ4v) is 4.37. The van der Waals surface area contributed by atoms with Crippen molar-refractivity contribution in [3.05, 3.63) is 53.4 Å². The van der Waals surface area contributed by atoms with Crippen LogP contribution in [0, 0.1) is 6.92 Å². The molecule has 0 saturated heterocycles. The van der Waals surface area contributed by atoms with Crippen molar-refractivity contribution in [2.75, 3.05) is 25.1 Å². The van der Waals surface area contributed by atoms with Crippen molar-refractivity contribution < 1.29 is 23.1 Å². The number of aliphatic hydroxyl groups excluding tert-OH is 1. The average Bonchev–Trinajstić information content (AvgIpc) is 2.97. The number of nitrogens with zero attached hydrogens (tertiary/aromatic N) is 2. The molecule has 0 radical (unpaired) electrons. The van der Waals surface area contributed by atoms with Crippen LogP contribution in [0.15, 0.2) is 36.7 Å². The van der Waals surface area contributed by atoms with E-state index in [1.807, 2.05) is 0 Å². The third-order valence-corrected chi connectivity index (χ3v) is 6.02. The van der Waals surface area contributed by atoms with Crippen LogP contribution in [0.5, 0.6) is 0 Å². The molecule has 3 rings (SSSR count). The molecule has 0 spiro atoms. The number of alkyl halides is 3. The zero-order valence-electron chi connectivity index (χ0n) is 14.9. The second-order valence-electron chi connectivity index (χ2n) is 6.32. The van der Waals surface area contributed by atoms with Gasteiger partial charge in [0.05, 0.1) is 11.1 Å². The lowest BCUT2D eigenvalue weighted by Crippen LogP contribution is -2.42. The summed E-state index contributed by atoms with van der Waals surface area (Å²) < 4.78 is 38.4. The molecule has 1 aliphatic heterocycles. The Morgan fingerprint density at radius 2 is 1.85 bits per heavy atom. The summed E-state index contributed by atoms with van der Waals surface area (Å²) in [5, 5.41) is 9.78. The SMILES string of the molecule is C=C1N(CCCO)C(=O)c2c(sc(-c3ccc(C(F)(F)F)cc3)c2C)N1C. The number of hydrogen-bond donors (Lipinski definition) is 1. The van der Waals surface area contributed by atoms with Gasteiger partial charge in [0.1, 0.15) is 10.8 Å². The van der Waals surface area contributed by atoms with Gasteiger partial charge in [0, 0.05) is 25.1 Å². The first-order valence-corrected chi connectivity index (χ1v) is 9.14. The Bertz CT molecular complexity index is 888. The molecule has 0 bridgehead atoms. The molecule has 2 aromatic rings. The number of aliphatic hydroxyl groups is 1. The molecule has 144 valence electrons. The summed E-state index contributed by atoms with van der Waals surface area (Å²) in [6, 6.07) is 4.95. The highest BCUT2D eigenvalue weighted by atomic mass is 32.1. The smallest absolute Gasteiger partial charge is 0.396 e. The number of benzene rings is 1. The summed E-state index contributed by atoms with van der Waals surface area (Å²) in [7, 11) is 1.80. The summed E-state index contributed by atoms with van der Waals surface area (Å²) >= 11 is 1.36. The van der Waals surface area contributed by atoms with Crippen molar-refractivity contribution in [2.24, 2.45) is 0 Å². The van der Waals surface area contributed by atoms with Crippen molar-refractivity contribution in [3.8, 4) is 10.4 Å². The summed E-state index contributed by atoms with van der Waals surface area (Å²) in [5.41, 5.74) is 1.19. The number of halogens is 3. The Hall–Kier alpha value is -2.32. The predicted octanol–water partition coefficient (Wildman–Crippen LogP) is 4.49. The van der Waals surface area contributed by atoms with Gasteiger partial charge in [-0.3, -0.25) is 9.69 Å². The number of fused-ring (bicyclic) bond motifs is 1. The summed E-state index contributed by atoms with van der Waals surface area (Å²) in [5.74, 6) is 0.314. The molecule has 27 heavy (non-hydrogen) atoms. The predicted molar refractivity (Wildman–Crippen MR) is 99.8 cm³/mol. The molecule has 1 aromatic heterocycles. The maximum atomic E-state index is 12.9. The van der Waals surface area contributed by atoms with Crippen molar-refractivity contribution in [1.82, 2.24) is 4.90 Å². The highest BCUT2D eigenvalue weighted by molar-refractivity contribution is 7.20. The molecular formula is C19H19F3N2O2S. The number of carbonyl (C=O) groups excluding carboxylic acids is 1. The van der Waals surface area contributed by atoms with Crippen molar-refractivity contribution in [2.45, 2.75) is 19.5 Å². The van der Waals surface area contributed by atoms with E-state index < -0.39 is 11.7 Å². The van der Waals surface area contributed by atoms with Crippen LogP contribution in [-0.4, -0.2) is 36.1 Å². The zero-order valence-corrected chi connectivity index (χ0v) is 15.7. The largest absolute Gasteiger partial charge is 0.416 e. The first kappa shape index (κ1) is 19.4. The first-order valence-electron chi connectivity index (χ1n) is 8.33. The Morgan fingerprint density at radius 3 is 2.41 bits per heavy atom. The lowest BCUT2D eigenvalue weighted by atomic mass is 10.0. The van der Waals surface area contributed by atoms with E-state index in [-0.39, 0.29) is 12.5 Å². The third kappa shape index (κ3) is 3.35. The van der Waals surface area contributed by atoms with Gasteiger partial charge in [-0.2, -0.15) is 13.2 Å². The topological polar surface area (TPSA) is 43.8 Å². The van der Waals surface area contributed by atoms with Gasteiger partial charge in [-0.15, -0.1) is 11.3 Å². The quantitative estimate of drug-likeness (QED) is 0.828. The summed E-state index contributed by atoms with van der Waals surface area (Å²) in [4.78, 5) is 17.0. The maximum absolute atomic E-state index is 12.9. The zero-order chi connectivity index (χ0) is 19.9. The Balaban J connectivity index is 2.03. The molecule has 0 fully saturated rings. The van der Waals surface area contributed by atoms with Gasteiger partial charge in [-0.05, 0) is 36.6 Å². The van der Waals surface area contributed by atoms with Crippen LogP contribution in [0.3, 0.4) is 0 Å². The van der Waals surface area contributed by atoms with Gasteiger partial charge in [-0.25, -0.2) is 0 Å². The number of amides is 1. The van der Waals surface area contributed by atoms with Crippen molar-refractivity contribution in [3.63, 3.8) is 0 Å². The van der Waals surface area contributed by atoms with Crippen LogP contribution in [0.1, 0.15) is 27.9 Å². The minimum Gasteiger partial charge on any atom is -0.396 e. The second kappa shape index (κ2) is 7.01. The van der Waals surface area contributed by atoms with E-state index in [0.717, 1.165) is 27.6 Å². The van der Waals surface area contributed by atoms with Crippen LogP contribution in [0.25, 0.3) is 10.4 Å². The molecule has 8 heteroatoms. The second-order valence-corrected chi connectivity index (χ2v) is 7.32. The molecule has 0 aliphatic carbocycles. The normalized spacial score (nSPS) is 14.7. The van der Waals surface area contributed by atoms with Crippen LogP contribution >= 0.6 is 11.3 Å². The minimum atomic E-state index is -4.39. The summed E-state index contributed by atoms with van der Waals surface area (Å²) in [6.45, 7) is 6.07. The van der Waals surface area contributed by atoms with Crippen molar-refractivity contribution in [1.29, 1.82) is 0 Å². The molecule has 1 amide bonds. The van der Waals surface area contributed by atoms with E-state index in [0.29, 0.717) is 29.9 Å². The number of rotatable bonds is 4. The monoisotopic (exact) mass is 396 g/mol. The Kier molecular flexibility index (Phi) is 5.05. The Labute approximate surface area is 159 Å². The maximum Gasteiger partial charge on any atom is 0.416 e. The van der Waals surface area contributed by atoms with Gasteiger partial charge in [0.25, 0.3) is 5.91 Å². The van der Waals surface area contributed by atoms with Crippen LogP contribution < -0.4 is 4.90 Å². The highest BCUT2D eigenvalue weighted by Gasteiger charge is 2.35. The molecule has 0 saturated carbocycles. The Morgan fingerprint density at radius 1 is 1.22 bits per heavy atom. The number of carbonyl (C=O) groups is 1. The van der Waals surface area contributed by atoms with Crippen LogP contribution in [0.2, 0.25) is 0 Å². The molecule has 1 N–H and O–H groups in total. The molecular weight excluding hydrogens is 377 g/mol. The van der Waals surface area contributed by atoms with E-state index in [4.69, 9.17) is 5.11 Å². The molecule has 1 aromatic carbocycles. The van der Waals surface area contributed by atoms with Crippen molar-refractivity contribution >= 4 is 22.2 Å². The third-order valence-electron chi connectivity index (χ3n) is 4.60. The first-order chi connectivity index (χ1) is 12.7. The number of anilines is 1. The number of thiophene rings is 1. The van der Waals surface area contributed by atoms with Gasteiger partial charge in [0.15, 0.2) is 0 Å². The fraction of sp³-hybridized carbons (Fsp3) is 0.316. The van der Waals surface area contributed by atoms with Gasteiger partial charge >= 0.3 is 6.18 Å². The molecule has 2 heterocycles. The van der Waals surface area contributed by atoms with E-state index in [9.17, 15) is 18.0 Å². The van der Waals surface area contributed by atoms with E-state index in [2.05, 4.69) is 6.58 Å². The van der Waals surface area contributed by atoms with E-state index in [1.54, 1.807) is 18.9 Å². The lowest BCUT2D eigenvalue weighted by molar-refractivity contribution is -0.137. The van der Waals surface area contributed by atoms with Gasteiger partial charge < -0.3 is 10.0 Å². The molecule has 0 unspecified atom stereocenters. The average molecular weight is 396 g/mol. The molecule has 4 nitrogen and oxygen atoms in total. The molecule has 0 atom stereocenters. The molecule has 1 aliphatic rings.